The van der Waals surface area contributed by atoms with Gasteiger partial charge in [-0.2, -0.15) is 18.3 Å². The lowest BCUT2D eigenvalue weighted by atomic mass is 10.2. The molecule has 3 heterocycles. The Hall–Kier alpha value is -2.60. The Labute approximate surface area is 173 Å². The fraction of sp³-hybridized carbons (Fsp3) is 0.529. The first kappa shape index (κ1) is 22.1. The summed E-state index contributed by atoms with van der Waals surface area (Å²) in [4.78, 5) is 38.4. The van der Waals surface area contributed by atoms with Crippen molar-refractivity contribution in [2.24, 2.45) is 0 Å². The number of hydrogen-bond acceptors (Lipinski definition) is 5. The number of likely N-dealkylation sites (tertiary alicyclic amines) is 1. The molecule has 0 bridgehead atoms. The van der Waals surface area contributed by atoms with Gasteiger partial charge in [0.1, 0.15) is 11.6 Å². The molecule has 2 atom stereocenters. The molecule has 0 aromatic carbocycles. The highest BCUT2D eigenvalue weighted by atomic mass is 35.5. The van der Waals surface area contributed by atoms with Gasteiger partial charge in [-0.05, 0) is 13.0 Å². The lowest BCUT2D eigenvalue weighted by molar-refractivity contribution is -0.139. The molecule has 0 spiro atoms. The lowest BCUT2D eigenvalue weighted by Gasteiger charge is -2.24. The SMILES string of the molecule is CCn1c([C@@H]2C[C@H](OC)CN2C(=O)Cn2cc(C(F)(F)F)cc(Cl)c2=O)n[nH]c1=O. The minimum Gasteiger partial charge on any atom is -0.380 e. The van der Waals surface area contributed by atoms with E-state index in [1.807, 2.05) is 0 Å². The van der Waals surface area contributed by atoms with Crippen LogP contribution >= 0.6 is 11.6 Å². The van der Waals surface area contributed by atoms with Gasteiger partial charge in [-0.3, -0.25) is 14.2 Å². The molecule has 1 aliphatic heterocycles. The normalized spacial score (nSPS) is 19.5. The second-order valence-electron chi connectivity index (χ2n) is 6.79. The monoisotopic (exact) mass is 449 g/mol. The van der Waals surface area contributed by atoms with Crippen LogP contribution in [0.2, 0.25) is 5.02 Å². The molecule has 1 fully saturated rings. The van der Waals surface area contributed by atoms with Crippen molar-refractivity contribution < 1.29 is 22.7 Å². The van der Waals surface area contributed by atoms with E-state index in [9.17, 15) is 27.6 Å². The molecule has 0 aliphatic carbocycles. The summed E-state index contributed by atoms with van der Waals surface area (Å²) in [6, 6.07) is -0.118. The van der Waals surface area contributed by atoms with Crippen LogP contribution in [-0.2, 0) is 28.8 Å². The average molecular weight is 450 g/mol. The summed E-state index contributed by atoms with van der Waals surface area (Å²) in [6.07, 6.45) is -4.20. The van der Waals surface area contributed by atoms with Crippen LogP contribution in [0.5, 0.6) is 0 Å². The summed E-state index contributed by atoms with van der Waals surface area (Å²) in [5, 5.41) is 5.68. The smallest absolute Gasteiger partial charge is 0.380 e. The topological polar surface area (TPSA) is 102 Å². The molecule has 2 aromatic rings. The molecule has 1 aliphatic rings. The first-order valence-corrected chi connectivity index (χ1v) is 9.39. The number of nitrogens with one attached hydrogen (secondary N) is 1. The Kier molecular flexibility index (Phi) is 6.09. The van der Waals surface area contributed by atoms with Crippen molar-refractivity contribution in [1.29, 1.82) is 0 Å². The molecule has 13 heteroatoms. The molecule has 9 nitrogen and oxygen atoms in total. The number of H-pyrrole nitrogens is 1. The zero-order valence-corrected chi connectivity index (χ0v) is 16.8. The van der Waals surface area contributed by atoms with Crippen molar-refractivity contribution >= 4 is 17.5 Å². The summed E-state index contributed by atoms with van der Waals surface area (Å²) in [5.74, 6) is -0.319. The fourth-order valence-electron chi connectivity index (χ4n) is 3.49. The predicted molar refractivity (Wildman–Crippen MR) is 99.1 cm³/mol. The first-order chi connectivity index (χ1) is 14.1. The highest BCUT2D eigenvalue weighted by Gasteiger charge is 2.39. The number of hydrogen-bond donors (Lipinski definition) is 1. The zero-order valence-electron chi connectivity index (χ0n) is 16.1. The second kappa shape index (κ2) is 8.26. The zero-order chi connectivity index (χ0) is 22.2. The van der Waals surface area contributed by atoms with Gasteiger partial charge in [-0.1, -0.05) is 11.6 Å². The number of aromatic amines is 1. The van der Waals surface area contributed by atoms with E-state index in [0.717, 1.165) is 0 Å². The fourth-order valence-corrected chi connectivity index (χ4v) is 3.71. The van der Waals surface area contributed by atoms with Gasteiger partial charge in [0.05, 0.1) is 17.7 Å². The summed E-state index contributed by atoms with van der Waals surface area (Å²) < 4.78 is 46.5. The van der Waals surface area contributed by atoms with E-state index < -0.39 is 46.5 Å². The highest BCUT2D eigenvalue weighted by molar-refractivity contribution is 6.30. The van der Waals surface area contributed by atoms with E-state index in [0.29, 0.717) is 35.6 Å². The molecule has 1 N–H and O–H groups in total. The lowest BCUT2D eigenvalue weighted by Crippen LogP contribution is -2.38. The van der Waals surface area contributed by atoms with Crippen molar-refractivity contribution in [2.45, 2.75) is 44.8 Å². The number of pyridine rings is 1. The maximum atomic E-state index is 13.1. The number of aromatic nitrogens is 4. The summed E-state index contributed by atoms with van der Waals surface area (Å²) in [6.45, 7) is 1.52. The molecule has 0 saturated carbocycles. The van der Waals surface area contributed by atoms with Crippen LogP contribution in [0, 0.1) is 0 Å². The highest BCUT2D eigenvalue weighted by Crippen LogP contribution is 2.33. The molecule has 0 radical (unpaired) electrons. The predicted octanol–water partition coefficient (Wildman–Crippen LogP) is 1.41. The van der Waals surface area contributed by atoms with Gasteiger partial charge in [0.15, 0.2) is 5.82 Å². The number of halogens is 4. The maximum absolute atomic E-state index is 13.1. The van der Waals surface area contributed by atoms with Gasteiger partial charge < -0.3 is 14.2 Å². The number of carbonyl (C=O) groups excluding carboxylic acids is 1. The Morgan fingerprint density at radius 3 is 2.70 bits per heavy atom. The third-order valence-electron chi connectivity index (χ3n) is 4.99. The van der Waals surface area contributed by atoms with E-state index >= 15 is 0 Å². The van der Waals surface area contributed by atoms with Gasteiger partial charge >= 0.3 is 11.9 Å². The first-order valence-electron chi connectivity index (χ1n) is 9.01. The van der Waals surface area contributed by atoms with Crippen molar-refractivity contribution in [2.75, 3.05) is 13.7 Å². The molecule has 0 unspecified atom stereocenters. The van der Waals surface area contributed by atoms with Crippen molar-refractivity contribution in [3.8, 4) is 0 Å². The van der Waals surface area contributed by atoms with Gasteiger partial charge in [-0.15, -0.1) is 0 Å². The minimum atomic E-state index is -4.73. The van der Waals surface area contributed by atoms with Crippen LogP contribution in [0.3, 0.4) is 0 Å². The molecule has 1 saturated heterocycles. The van der Waals surface area contributed by atoms with E-state index in [1.165, 1.54) is 16.6 Å². The van der Waals surface area contributed by atoms with Crippen LogP contribution < -0.4 is 11.2 Å². The largest absolute Gasteiger partial charge is 0.417 e. The van der Waals surface area contributed by atoms with Crippen LogP contribution in [-0.4, -0.2) is 49.9 Å². The molecular weight excluding hydrogens is 431 g/mol. The van der Waals surface area contributed by atoms with Crippen LogP contribution in [0.1, 0.15) is 30.8 Å². The second-order valence-corrected chi connectivity index (χ2v) is 7.20. The summed E-state index contributed by atoms with van der Waals surface area (Å²) in [5.41, 5.74) is -2.50. The standard InChI is InChI=1S/C17H19ClF3N5O4/c1-3-25-14(22-23-16(25)29)12-5-10(30-2)7-26(12)13(27)8-24-6-9(17(19,20)21)4-11(18)15(24)28/h4,6,10,12H,3,5,7-8H2,1-2H3,(H,23,29)/t10-,12-/m0/s1. The molecular formula is C17H19ClF3N5O4. The van der Waals surface area contributed by atoms with Crippen molar-refractivity contribution in [3.05, 3.63) is 49.5 Å². The molecule has 2 aromatic heterocycles. The van der Waals surface area contributed by atoms with Crippen LogP contribution in [0.15, 0.2) is 21.9 Å². The van der Waals surface area contributed by atoms with Gasteiger partial charge in [0.25, 0.3) is 5.56 Å². The van der Waals surface area contributed by atoms with Crippen molar-refractivity contribution in [3.63, 3.8) is 0 Å². The third-order valence-corrected chi connectivity index (χ3v) is 5.26. The van der Waals surface area contributed by atoms with Crippen LogP contribution in [0.4, 0.5) is 13.2 Å². The molecule has 164 valence electrons. The van der Waals surface area contributed by atoms with Crippen molar-refractivity contribution in [1.82, 2.24) is 24.2 Å². The quantitative estimate of drug-likeness (QED) is 0.743. The number of amides is 1. The molecule has 1 amide bonds. The Bertz CT molecular complexity index is 1060. The molecule has 3 rings (SSSR count). The Balaban J connectivity index is 1.94. The number of rotatable bonds is 5. The number of alkyl halides is 3. The Morgan fingerprint density at radius 1 is 1.40 bits per heavy atom. The van der Waals surface area contributed by atoms with E-state index in [2.05, 4.69) is 10.2 Å². The number of carbonyl (C=O) groups is 1. The number of methoxy groups -OCH3 is 1. The van der Waals surface area contributed by atoms with Crippen LogP contribution in [0.25, 0.3) is 0 Å². The summed E-state index contributed by atoms with van der Waals surface area (Å²) >= 11 is 5.65. The van der Waals surface area contributed by atoms with E-state index in [1.54, 1.807) is 6.92 Å². The number of nitrogens with zero attached hydrogens (tertiary/aromatic N) is 4. The van der Waals surface area contributed by atoms with Gasteiger partial charge in [-0.25, -0.2) is 9.89 Å². The van der Waals surface area contributed by atoms with E-state index in [4.69, 9.17) is 16.3 Å². The average Bonchev–Trinajstić information content (AvgIpc) is 3.27. The molecule has 30 heavy (non-hydrogen) atoms. The third kappa shape index (κ3) is 4.15. The van der Waals surface area contributed by atoms with Gasteiger partial charge in [0.2, 0.25) is 5.91 Å². The minimum absolute atomic E-state index is 0.131. The number of ether oxygens (including phenoxy) is 1. The van der Waals surface area contributed by atoms with Gasteiger partial charge in [0, 0.05) is 32.8 Å². The Morgan fingerprint density at radius 2 is 2.10 bits per heavy atom. The van der Waals surface area contributed by atoms with E-state index in [-0.39, 0.29) is 12.6 Å². The maximum Gasteiger partial charge on any atom is 0.417 e. The summed E-state index contributed by atoms with van der Waals surface area (Å²) in [7, 11) is 1.46.